The first-order valence-corrected chi connectivity index (χ1v) is 15.5. The minimum Gasteiger partial charge on any atom is -0.496 e. The molecule has 6 rings (SSSR count). The van der Waals surface area contributed by atoms with Gasteiger partial charge in [0, 0.05) is 38.9 Å². The van der Waals surface area contributed by atoms with Crippen molar-refractivity contribution >= 4 is 28.2 Å². The van der Waals surface area contributed by atoms with Crippen LogP contribution in [0.15, 0.2) is 41.1 Å². The third-order valence-electron chi connectivity index (χ3n) is 9.01. The van der Waals surface area contributed by atoms with E-state index in [4.69, 9.17) is 18.6 Å². The number of para-hydroxylation sites is 1. The molecule has 2 fully saturated rings. The summed E-state index contributed by atoms with van der Waals surface area (Å²) in [6.07, 6.45) is 3.67. The van der Waals surface area contributed by atoms with Crippen LogP contribution in [0.3, 0.4) is 0 Å². The molecule has 2 amide bonds. The van der Waals surface area contributed by atoms with E-state index in [2.05, 4.69) is 10.3 Å². The van der Waals surface area contributed by atoms with E-state index in [-0.39, 0.29) is 24.5 Å². The van der Waals surface area contributed by atoms with Crippen molar-refractivity contribution in [2.24, 2.45) is 5.41 Å². The first kappa shape index (κ1) is 29.6. The molecule has 0 bridgehead atoms. The highest BCUT2D eigenvalue weighted by Crippen LogP contribution is 2.53. The van der Waals surface area contributed by atoms with Gasteiger partial charge in [0.25, 0.3) is 0 Å². The van der Waals surface area contributed by atoms with E-state index in [0.29, 0.717) is 61.3 Å². The molecule has 1 unspecified atom stereocenters. The van der Waals surface area contributed by atoms with Gasteiger partial charge in [0.05, 0.1) is 41.8 Å². The number of Topliss-reactive ketones (excluding diaryl/α,β-unsaturated/α-hetero) is 1. The number of amides is 2. The van der Waals surface area contributed by atoms with Gasteiger partial charge < -0.3 is 38.9 Å². The second-order valence-electron chi connectivity index (χ2n) is 11.3. The minimum atomic E-state index is -1.13. The van der Waals surface area contributed by atoms with E-state index >= 15 is 0 Å². The first-order valence-electron chi connectivity index (χ1n) is 14.7. The minimum absolute atomic E-state index is 0.0237. The third kappa shape index (κ3) is 5.30. The van der Waals surface area contributed by atoms with E-state index in [9.17, 15) is 14.7 Å². The Hall–Kier alpha value is -3.45. The SMILES string of the molecule is CNC(=O)N1CCC2(CC1)C(=O)c1c(sc(-c3ncco3)c1C)N(C[C@H](OC1CCOCC1)c1ccccc1OC)C2O. The molecule has 2 saturated heterocycles. The highest BCUT2D eigenvalue weighted by Gasteiger charge is 2.56. The quantitative estimate of drug-likeness (QED) is 0.400. The highest BCUT2D eigenvalue weighted by molar-refractivity contribution is 7.20. The summed E-state index contributed by atoms with van der Waals surface area (Å²) in [5.41, 5.74) is 1.12. The molecule has 43 heavy (non-hydrogen) atoms. The topological polar surface area (TPSA) is 127 Å². The van der Waals surface area contributed by atoms with Crippen molar-refractivity contribution in [2.75, 3.05) is 51.9 Å². The number of oxazole rings is 1. The second-order valence-corrected chi connectivity index (χ2v) is 12.3. The molecule has 11 nitrogen and oxygen atoms in total. The fourth-order valence-electron chi connectivity index (χ4n) is 6.59. The van der Waals surface area contributed by atoms with Gasteiger partial charge in [-0.05, 0) is 44.2 Å². The number of ether oxygens (including phenoxy) is 3. The number of aromatic nitrogens is 1. The molecule has 230 valence electrons. The fourth-order valence-corrected chi connectivity index (χ4v) is 7.86. The Morgan fingerprint density at radius 2 is 2.00 bits per heavy atom. The number of carbonyl (C=O) groups is 2. The zero-order valence-electron chi connectivity index (χ0n) is 24.7. The average Bonchev–Trinajstić information content (AvgIpc) is 3.70. The van der Waals surface area contributed by atoms with Crippen molar-refractivity contribution in [3.05, 3.63) is 53.4 Å². The number of nitrogens with one attached hydrogen (secondary N) is 1. The summed E-state index contributed by atoms with van der Waals surface area (Å²) in [6.45, 7) is 4.16. The van der Waals surface area contributed by atoms with Crippen LogP contribution in [0.2, 0.25) is 0 Å². The molecule has 2 aromatic heterocycles. The van der Waals surface area contributed by atoms with Crippen LogP contribution >= 0.6 is 11.3 Å². The van der Waals surface area contributed by atoms with E-state index in [1.54, 1.807) is 25.3 Å². The zero-order chi connectivity index (χ0) is 30.1. The predicted molar refractivity (Wildman–Crippen MR) is 161 cm³/mol. The number of carbonyl (C=O) groups excluding carboxylic acids is 2. The highest BCUT2D eigenvalue weighted by atomic mass is 32.1. The Labute approximate surface area is 254 Å². The van der Waals surface area contributed by atoms with Gasteiger partial charge in [0.1, 0.15) is 29.3 Å². The molecule has 5 heterocycles. The largest absolute Gasteiger partial charge is 0.496 e. The van der Waals surface area contributed by atoms with Gasteiger partial charge in [0.2, 0.25) is 5.89 Å². The van der Waals surface area contributed by atoms with Crippen LogP contribution in [0.25, 0.3) is 10.8 Å². The molecule has 0 aliphatic carbocycles. The number of rotatable bonds is 7. The van der Waals surface area contributed by atoms with Gasteiger partial charge in [-0.25, -0.2) is 9.78 Å². The van der Waals surface area contributed by atoms with Gasteiger partial charge in [-0.15, -0.1) is 11.3 Å². The number of hydrogen-bond donors (Lipinski definition) is 2. The molecule has 0 radical (unpaired) electrons. The average molecular weight is 611 g/mol. The summed E-state index contributed by atoms with van der Waals surface area (Å²) in [6, 6.07) is 7.57. The number of thiophene rings is 1. The number of anilines is 1. The Balaban J connectivity index is 1.43. The van der Waals surface area contributed by atoms with Crippen molar-refractivity contribution in [2.45, 2.75) is 51.0 Å². The van der Waals surface area contributed by atoms with Crippen LogP contribution in [-0.2, 0) is 9.47 Å². The van der Waals surface area contributed by atoms with Crippen molar-refractivity contribution < 1.29 is 33.3 Å². The third-order valence-corrected chi connectivity index (χ3v) is 10.3. The maximum atomic E-state index is 14.5. The molecular formula is C31H38N4O7S. The van der Waals surface area contributed by atoms with Crippen LogP contribution in [-0.4, -0.2) is 86.1 Å². The standard InChI is InChI=1S/C31H38N4O7S/c1-19-24-26(36)31(10-13-34(14-11-31)30(38)32-2)29(37)35(28(24)43-25(19)27-33-12-17-41-27)18-23(42-20-8-15-40-16-9-20)21-6-4-5-7-22(21)39-3/h4-7,12,17,20,23,29,37H,8-11,13-16,18H2,1-3H3,(H,32,38)/t23-,29?/m0/s1. The molecule has 12 heteroatoms. The van der Waals surface area contributed by atoms with Crippen molar-refractivity contribution in [3.8, 4) is 16.5 Å². The number of piperidine rings is 1. The number of aliphatic hydroxyl groups excluding tert-OH is 1. The molecule has 2 N–H and O–H groups in total. The number of hydrogen-bond acceptors (Lipinski definition) is 10. The lowest BCUT2D eigenvalue weighted by atomic mass is 9.68. The van der Waals surface area contributed by atoms with Crippen LogP contribution < -0.4 is 15.0 Å². The fraction of sp³-hybridized carbons (Fsp3) is 0.516. The van der Waals surface area contributed by atoms with E-state index in [0.717, 1.165) is 28.8 Å². The number of methoxy groups -OCH3 is 1. The van der Waals surface area contributed by atoms with Crippen LogP contribution in [0.5, 0.6) is 5.75 Å². The number of urea groups is 1. The van der Waals surface area contributed by atoms with E-state index < -0.39 is 17.7 Å². The van der Waals surface area contributed by atoms with Gasteiger partial charge in [-0.2, -0.15) is 0 Å². The maximum absolute atomic E-state index is 14.5. The molecule has 2 atom stereocenters. The monoisotopic (exact) mass is 610 g/mol. The smallest absolute Gasteiger partial charge is 0.317 e. The Morgan fingerprint density at radius 3 is 2.67 bits per heavy atom. The second kappa shape index (κ2) is 12.3. The molecule has 1 spiro atoms. The Morgan fingerprint density at radius 1 is 1.26 bits per heavy atom. The molecular weight excluding hydrogens is 572 g/mol. The van der Waals surface area contributed by atoms with Crippen LogP contribution in [0.4, 0.5) is 9.80 Å². The number of ketones is 1. The lowest BCUT2D eigenvalue weighted by Gasteiger charge is -2.50. The van der Waals surface area contributed by atoms with Crippen molar-refractivity contribution in [1.82, 2.24) is 15.2 Å². The first-order chi connectivity index (χ1) is 20.9. The Kier molecular flexibility index (Phi) is 8.45. The molecule has 3 aromatic rings. The van der Waals surface area contributed by atoms with E-state index in [1.165, 1.54) is 17.6 Å². The van der Waals surface area contributed by atoms with Crippen molar-refractivity contribution in [1.29, 1.82) is 0 Å². The van der Waals surface area contributed by atoms with Gasteiger partial charge in [-0.1, -0.05) is 18.2 Å². The van der Waals surface area contributed by atoms with Gasteiger partial charge in [-0.3, -0.25) is 4.79 Å². The number of nitrogens with zero attached hydrogens (tertiary/aromatic N) is 3. The summed E-state index contributed by atoms with van der Waals surface area (Å²) in [4.78, 5) is 35.6. The number of benzene rings is 1. The van der Waals surface area contributed by atoms with Gasteiger partial charge >= 0.3 is 6.03 Å². The molecule has 1 aromatic carbocycles. The van der Waals surface area contributed by atoms with Crippen LogP contribution in [0.1, 0.15) is 53.3 Å². The molecule has 0 saturated carbocycles. The number of fused-ring (bicyclic) bond motifs is 1. The summed E-state index contributed by atoms with van der Waals surface area (Å²) in [5, 5.41) is 15.6. The summed E-state index contributed by atoms with van der Waals surface area (Å²) in [7, 11) is 3.23. The zero-order valence-corrected chi connectivity index (χ0v) is 25.5. The number of likely N-dealkylation sites (tertiary alicyclic amines) is 1. The summed E-state index contributed by atoms with van der Waals surface area (Å²) >= 11 is 1.39. The predicted octanol–water partition coefficient (Wildman–Crippen LogP) is 4.40. The summed E-state index contributed by atoms with van der Waals surface area (Å²) < 4.78 is 23.7. The number of aliphatic hydroxyl groups is 1. The Bertz CT molecular complexity index is 1440. The molecule has 3 aliphatic heterocycles. The van der Waals surface area contributed by atoms with Crippen LogP contribution in [0, 0.1) is 12.3 Å². The summed E-state index contributed by atoms with van der Waals surface area (Å²) in [5.74, 6) is 1.02. The molecule has 3 aliphatic rings. The lowest BCUT2D eigenvalue weighted by Crippen LogP contribution is -2.61. The van der Waals surface area contributed by atoms with E-state index in [1.807, 2.05) is 36.1 Å². The van der Waals surface area contributed by atoms with Gasteiger partial charge in [0.15, 0.2) is 5.78 Å². The lowest BCUT2D eigenvalue weighted by molar-refractivity contribution is -0.0733. The normalized spacial score (nSPS) is 21.1. The maximum Gasteiger partial charge on any atom is 0.317 e. The van der Waals surface area contributed by atoms with Crippen molar-refractivity contribution in [3.63, 3.8) is 0 Å².